The molecule has 8 atom stereocenters. The molecule has 4 aliphatic rings. The monoisotopic (exact) mass is 497 g/mol. The van der Waals surface area contributed by atoms with Crippen LogP contribution in [0, 0.1) is 34.5 Å². The molecule has 0 aromatic carbocycles. The number of aliphatic carboxylic acids is 1. The Balaban J connectivity index is 0.00000342. The molecule has 4 rings (SSSR count). The second-order valence-electron chi connectivity index (χ2n) is 11.1. The quantitative estimate of drug-likeness (QED) is 0.321. The van der Waals surface area contributed by atoms with E-state index < -0.39 is 46.9 Å². The number of hydrogen-bond donors (Lipinski definition) is 3. The van der Waals surface area contributed by atoms with Gasteiger partial charge in [0.25, 0.3) is 0 Å². The Bertz CT molecular complexity index is 988. The van der Waals surface area contributed by atoms with E-state index in [4.69, 9.17) is 9.84 Å². The van der Waals surface area contributed by atoms with Gasteiger partial charge in [0, 0.05) is 16.7 Å². The molecule has 0 radical (unpaired) electrons. The van der Waals surface area contributed by atoms with Gasteiger partial charge in [-0.3, -0.25) is 19.2 Å². The number of aliphatic hydroxyl groups excluding tert-OH is 1. The first-order chi connectivity index (χ1) is 15.8. The third-order valence-electron chi connectivity index (χ3n) is 9.34. The second kappa shape index (κ2) is 9.86. The van der Waals surface area contributed by atoms with E-state index in [0.717, 1.165) is 12.0 Å². The van der Waals surface area contributed by atoms with Crippen LogP contribution in [0.3, 0.4) is 0 Å². The summed E-state index contributed by atoms with van der Waals surface area (Å²) in [4.78, 5) is 47.7. The molecule has 3 N–H and O–H groups in total. The second-order valence-corrected chi connectivity index (χ2v) is 11.1. The van der Waals surface area contributed by atoms with Crippen LogP contribution in [0.2, 0.25) is 0 Å². The van der Waals surface area contributed by atoms with Crippen molar-refractivity contribution in [2.45, 2.75) is 71.0 Å². The van der Waals surface area contributed by atoms with Crippen molar-refractivity contribution in [3.63, 3.8) is 0 Å². The molecule has 0 saturated heterocycles. The number of carboxylic acid groups (broad SMARTS) is 1. The molecular weight excluding hydrogens is 463 g/mol. The number of carbonyl (C=O) groups is 4. The fourth-order valence-electron chi connectivity index (χ4n) is 7.76. The predicted octanol–water partition coefficient (Wildman–Crippen LogP) is -0.777. The molecule has 0 bridgehead atoms. The van der Waals surface area contributed by atoms with Crippen LogP contribution in [0.4, 0.5) is 0 Å². The van der Waals surface area contributed by atoms with Crippen LogP contribution in [0.15, 0.2) is 23.8 Å². The van der Waals surface area contributed by atoms with Crippen molar-refractivity contribution in [2.75, 3.05) is 6.61 Å². The first-order valence-corrected chi connectivity index (χ1v) is 12.1. The van der Waals surface area contributed by atoms with Gasteiger partial charge in [0.1, 0.15) is 5.60 Å². The van der Waals surface area contributed by atoms with Gasteiger partial charge in [0.15, 0.2) is 12.4 Å². The summed E-state index contributed by atoms with van der Waals surface area (Å²) in [6.07, 6.45) is 5.52. The molecule has 186 valence electrons. The molecule has 0 heterocycles. The SMILES string of the molecule is C[C@H]1CC2C([C@@H](O)C[C@@]3(C)C2CC[C@]3(O)C(=O)COC(=O)CCC(=O)O)[C@@]2(C)C=CC(=O)C=C12.[Na+]. The molecule has 0 aromatic heterocycles. The molecule has 4 aliphatic carbocycles. The summed E-state index contributed by atoms with van der Waals surface area (Å²) in [5.74, 6) is -2.51. The van der Waals surface area contributed by atoms with E-state index in [0.29, 0.717) is 6.42 Å². The number of ether oxygens (including phenoxy) is 1. The average Bonchev–Trinajstić information content (AvgIpc) is 3.03. The molecule has 3 fully saturated rings. The smallest absolute Gasteiger partial charge is 0.481 e. The summed E-state index contributed by atoms with van der Waals surface area (Å²) in [6.45, 7) is 5.40. The van der Waals surface area contributed by atoms with E-state index in [1.807, 2.05) is 13.0 Å². The minimum atomic E-state index is -1.74. The molecule has 0 aliphatic heterocycles. The summed E-state index contributed by atoms with van der Waals surface area (Å²) in [7, 11) is 0. The van der Waals surface area contributed by atoms with Gasteiger partial charge in [0.2, 0.25) is 5.78 Å². The number of aliphatic hydroxyl groups is 2. The Hall–Kier alpha value is -1.32. The largest absolute Gasteiger partial charge is 1.00 e. The average molecular weight is 498 g/mol. The van der Waals surface area contributed by atoms with Gasteiger partial charge in [-0.25, -0.2) is 0 Å². The van der Waals surface area contributed by atoms with Crippen molar-refractivity contribution >= 4 is 23.5 Å². The summed E-state index contributed by atoms with van der Waals surface area (Å²) in [5, 5.41) is 31.7. The van der Waals surface area contributed by atoms with Gasteiger partial charge in [0.05, 0.1) is 18.9 Å². The number of ketones is 2. The van der Waals surface area contributed by atoms with Crippen LogP contribution in [0.1, 0.15) is 59.3 Å². The van der Waals surface area contributed by atoms with Gasteiger partial charge in [-0.1, -0.05) is 32.4 Å². The fraction of sp³-hybridized carbons (Fsp3) is 0.692. The number of rotatable bonds is 6. The predicted molar refractivity (Wildman–Crippen MR) is 120 cm³/mol. The standard InChI is InChI=1S/C26H34O8.Na/c1-14-10-16-17-7-9-26(33,20(29)13-34-22(32)5-4-21(30)31)25(17,3)12-19(28)23(16)24(2)8-6-15(27)11-18(14)24;/h6,8,11,14,16-17,19,23,28,33H,4-5,7,9-10,12-13H2,1-3H3,(H,30,31);/q;+1/t14-,16?,17?,19-,23?,24-,25-,26-;/m0./s1. The molecule has 35 heavy (non-hydrogen) atoms. The Morgan fingerprint density at radius 3 is 2.54 bits per heavy atom. The number of esters is 1. The Labute approximate surface area is 227 Å². The molecule has 0 spiro atoms. The van der Waals surface area contributed by atoms with Crippen molar-refractivity contribution in [2.24, 2.45) is 34.5 Å². The van der Waals surface area contributed by atoms with E-state index in [2.05, 4.69) is 13.8 Å². The summed E-state index contributed by atoms with van der Waals surface area (Å²) < 4.78 is 4.98. The molecule has 0 aromatic rings. The summed E-state index contributed by atoms with van der Waals surface area (Å²) in [6, 6.07) is 0. The van der Waals surface area contributed by atoms with Crippen molar-refractivity contribution in [1.82, 2.24) is 0 Å². The van der Waals surface area contributed by atoms with Gasteiger partial charge >= 0.3 is 41.5 Å². The van der Waals surface area contributed by atoms with Crippen LogP contribution in [0.25, 0.3) is 0 Å². The van der Waals surface area contributed by atoms with E-state index in [-0.39, 0.29) is 84.7 Å². The maximum absolute atomic E-state index is 13.1. The zero-order valence-electron chi connectivity index (χ0n) is 21.0. The van der Waals surface area contributed by atoms with Crippen molar-refractivity contribution in [3.05, 3.63) is 23.8 Å². The zero-order chi connectivity index (χ0) is 25.1. The van der Waals surface area contributed by atoms with Crippen LogP contribution in [0.5, 0.6) is 0 Å². The zero-order valence-corrected chi connectivity index (χ0v) is 23.0. The molecule has 0 amide bonds. The molecule has 3 unspecified atom stereocenters. The minimum absolute atomic E-state index is 0. The summed E-state index contributed by atoms with van der Waals surface area (Å²) >= 11 is 0. The first-order valence-electron chi connectivity index (χ1n) is 12.1. The topological polar surface area (TPSA) is 138 Å². The van der Waals surface area contributed by atoms with E-state index in [1.54, 1.807) is 12.2 Å². The van der Waals surface area contributed by atoms with E-state index in [9.17, 15) is 29.4 Å². The third-order valence-corrected chi connectivity index (χ3v) is 9.34. The third kappa shape index (κ3) is 4.50. The molecular formula is C26H34NaO8+. The minimum Gasteiger partial charge on any atom is -0.481 e. The van der Waals surface area contributed by atoms with Gasteiger partial charge in [-0.2, -0.15) is 0 Å². The van der Waals surface area contributed by atoms with Gasteiger partial charge in [-0.05, 0) is 55.6 Å². The maximum Gasteiger partial charge on any atom is 1.00 e. The van der Waals surface area contributed by atoms with Crippen molar-refractivity contribution in [1.29, 1.82) is 0 Å². The Kier molecular flexibility index (Phi) is 7.96. The number of hydrogen-bond acceptors (Lipinski definition) is 7. The van der Waals surface area contributed by atoms with Crippen LogP contribution in [-0.4, -0.2) is 57.1 Å². The molecule has 9 heteroatoms. The van der Waals surface area contributed by atoms with Crippen LogP contribution >= 0.6 is 0 Å². The van der Waals surface area contributed by atoms with E-state index in [1.165, 1.54) is 0 Å². The molecule has 8 nitrogen and oxygen atoms in total. The van der Waals surface area contributed by atoms with Gasteiger partial charge in [-0.15, -0.1) is 0 Å². The number of carbonyl (C=O) groups excluding carboxylic acids is 3. The van der Waals surface area contributed by atoms with Crippen molar-refractivity contribution < 1.29 is 68.8 Å². The van der Waals surface area contributed by atoms with Crippen LogP contribution < -0.4 is 29.6 Å². The van der Waals surface area contributed by atoms with Crippen molar-refractivity contribution in [3.8, 4) is 0 Å². The Morgan fingerprint density at radius 1 is 1.20 bits per heavy atom. The van der Waals surface area contributed by atoms with Crippen LogP contribution in [-0.2, 0) is 23.9 Å². The Morgan fingerprint density at radius 2 is 1.89 bits per heavy atom. The number of fused-ring (bicyclic) bond motifs is 5. The van der Waals surface area contributed by atoms with Gasteiger partial charge < -0.3 is 20.1 Å². The normalized spacial score (nSPS) is 41.6. The number of allylic oxidation sites excluding steroid dienone is 4. The fourth-order valence-corrected chi connectivity index (χ4v) is 7.76. The molecule has 3 saturated carbocycles. The summed E-state index contributed by atoms with van der Waals surface area (Å²) in [5.41, 5.74) is -2.04. The maximum atomic E-state index is 13.1. The number of carboxylic acids is 1. The van der Waals surface area contributed by atoms with E-state index >= 15 is 0 Å². The first kappa shape index (κ1) is 28.3. The number of Topliss-reactive ketones (excluding diaryl/α,β-unsaturated/α-hetero) is 1.